The van der Waals surface area contributed by atoms with Gasteiger partial charge in [-0.1, -0.05) is 63.1 Å². The Morgan fingerprint density at radius 2 is 1.85 bits per heavy atom. The summed E-state index contributed by atoms with van der Waals surface area (Å²) < 4.78 is 0. The molecule has 0 saturated heterocycles. The van der Waals surface area contributed by atoms with Crippen LogP contribution in [0.1, 0.15) is 68.1 Å². The van der Waals surface area contributed by atoms with E-state index in [0.29, 0.717) is 23.3 Å². The van der Waals surface area contributed by atoms with E-state index in [-0.39, 0.29) is 0 Å². The van der Waals surface area contributed by atoms with Crippen LogP contribution in [0.25, 0.3) is 5.57 Å². The monoisotopic (exact) mass is 348 g/mol. The van der Waals surface area contributed by atoms with Gasteiger partial charge in [0.25, 0.3) is 0 Å². The number of phenolic OH excluding ortho intramolecular Hbond substituents is 2. The van der Waals surface area contributed by atoms with Crippen LogP contribution in [0.2, 0.25) is 0 Å². The molecular formula is C24H28O2. The highest BCUT2D eigenvalue weighted by molar-refractivity contribution is 5.76. The van der Waals surface area contributed by atoms with Gasteiger partial charge in [-0.25, -0.2) is 0 Å². The van der Waals surface area contributed by atoms with Gasteiger partial charge < -0.3 is 10.2 Å². The summed E-state index contributed by atoms with van der Waals surface area (Å²) in [6.45, 7) is 4.39. The normalized spacial score (nSPS) is 17.8. The van der Waals surface area contributed by atoms with E-state index in [1.807, 2.05) is 24.3 Å². The van der Waals surface area contributed by atoms with Crippen LogP contribution in [0.4, 0.5) is 0 Å². The van der Waals surface area contributed by atoms with E-state index in [4.69, 9.17) is 0 Å². The molecular weight excluding hydrogens is 320 g/mol. The van der Waals surface area contributed by atoms with Crippen LogP contribution in [0.3, 0.4) is 0 Å². The Labute approximate surface area is 156 Å². The Morgan fingerprint density at radius 3 is 2.50 bits per heavy atom. The van der Waals surface area contributed by atoms with Crippen LogP contribution in [-0.2, 0) is 0 Å². The topological polar surface area (TPSA) is 40.5 Å². The summed E-state index contributed by atoms with van der Waals surface area (Å²) >= 11 is 0. The highest BCUT2D eigenvalue weighted by Gasteiger charge is 2.15. The number of unbranched alkanes of at least 4 members (excludes halogenated alkanes) is 1. The fourth-order valence-electron chi connectivity index (χ4n) is 3.60. The molecule has 136 valence electrons. The lowest BCUT2D eigenvalue weighted by Crippen LogP contribution is -2.00. The van der Waals surface area contributed by atoms with Gasteiger partial charge in [0.2, 0.25) is 0 Å². The minimum absolute atomic E-state index is 0.304. The second-order valence-electron chi connectivity index (χ2n) is 7.27. The zero-order valence-electron chi connectivity index (χ0n) is 15.7. The third kappa shape index (κ3) is 4.19. The quantitative estimate of drug-likeness (QED) is 0.624. The summed E-state index contributed by atoms with van der Waals surface area (Å²) in [5, 5.41) is 19.7. The van der Waals surface area contributed by atoms with E-state index in [1.54, 1.807) is 12.1 Å². The van der Waals surface area contributed by atoms with Crippen molar-refractivity contribution in [1.29, 1.82) is 0 Å². The Morgan fingerprint density at radius 1 is 1.08 bits per heavy atom. The Kier molecular flexibility index (Phi) is 5.82. The van der Waals surface area contributed by atoms with Gasteiger partial charge in [-0.2, -0.15) is 0 Å². The first-order valence-corrected chi connectivity index (χ1v) is 9.59. The van der Waals surface area contributed by atoms with Crippen molar-refractivity contribution in [2.75, 3.05) is 0 Å². The maximum absolute atomic E-state index is 10.3. The fourth-order valence-corrected chi connectivity index (χ4v) is 3.60. The van der Waals surface area contributed by atoms with Gasteiger partial charge in [-0.15, -0.1) is 0 Å². The largest absolute Gasteiger partial charge is 0.508 e. The molecule has 2 N–H and O–H groups in total. The molecule has 2 heteroatoms. The SMILES string of the molecule is CCCCC(C)c1cc(C2=CCC(c3ccc(O)cc3)C=C2)ccc1O. The number of benzene rings is 2. The second-order valence-corrected chi connectivity index (χ2v) is 7.27. The van der Waals surface area contributed by atoms with Crippen molar-refractivity contribution in [2.45, 2.75) is 51.4 Å². The maximum Gasteiger partial charge on any atom is 0.119 e. The van der Waals surface area contributed by atoms with Gasteiger partial charge in [0.1, 0.15) is 11.5 Å². The first kappa shape index (κ1) is 18.3. The molecule has 0 saturated carbocycles. The van der Waals surface area contributed by atoms with Crippen molar-refractivity contribution in [3.05, 3.63) is 77.4 Å². The van der Waals surface area contributed by atoms with E-state index in [2.05, 4.69) is 38.1 Å². The standard InChI is InChI=1S/C24H28O2/c1-3-4-5-17(2)23-16-21(12-15-24(23)26)20-8-6-18(7-9-20)19-10-13-22(25)14-11-19/h6,8-18,25-26H,3-5,7H2,1-2H3. The molecule has 0 amide bonds. The highest BCUT2D eigenvalue weighted by atomic mass is 16.3. The molecule has 26 heavy (non-hydrogen) atoms. The molecule has 2 unspecified atom stereocenters. The second kappa shape index (κ2) is 8.27. The lowest BCUT2D eigenvalue weighted by atomic mass is 9.86. The van der Waals surface area contributed by atoms with Crippen LogP contribution >= 0.6 is 0 Å². The lowest BCUT2D eigenvalue weighted by Gasteiger charge is -2.19. The van der Waals surface area contributed by atoms with Crippen LogP contribution in [-0.4, -0.2) is 10.2 Å². The van der Waals surface area contributed by atoms with E-state index in [9.17, 15) is 10.2 Å². The fraction of sp³-hybridized carbons (Fsp3) is 0.333. The number of hydrogen-bond acceptors (Lipinski definition) is 2. The Balaban J connectivity index is 1.76. The zero-order valence-corrected chi connectivity index (χ0v) is 15.7. The molecule has 2 atom stereocenters. The summed E-state index contributed by atoms with van der Waals surface area (Å²) in [4.78, 5) is 0. The first-order chi connectivity index (χ1) is 12.6. The molecule has 0 aliphatic heterocycles. The molecule has 2 nitrogen and oxygen atoms in total. The van der Waals surface area contributed by atoms with Gasteiger partial charge in [0.05, 0.1) is 0 Å². The molecule has 1 aliphatic carbocycles. The number of phenols is 2. The zero-order chi connectivity index (χ0) is 18.5. The van der Waals surface area contributed by atoms with Crippen LogP contribution < -0.4 is 0 Å². The molecule has 0 radical (unpaired) electrons. The molecule has 0 heterocycles. The molecule has 3 rings (SSSR count). The molecule has 2 aromatic carbocycles. The highest BCUT2D eigenvalue weighted by Crippen LogP contribution is 2.35. The maximum atomic E-state index is 10.3. The predicted octanol–water partition coefficient (Wildman–Crippen LogP) is 6.52. The van der Waals surface area contributed by atoms with Gasteiger partial charge in [0.15, 0.2) is 0 Å². The number of hydrogen-bond donors (Lipinski definition) is 2. The van der Waals surface area contributed by atoms with Crippen LogP contribution in [0.5, 0.6) is 11.5 Å². The average Bonchev–Trinajstić information content (AvgIpc) is 2.67. The van der Waals surface area contributed by atoms with E-state index in [1.165, 1.54) is 29.5 Å². The van der Waals surface area contributed by atoms with Crippen molar-refractivity contribution in [3.8, 4) is 11.5 Å². The lowest BCUT2D eigenvalue weighted by molar-refractivity contribution is 0.459. The van der Waals surface area contributed by atoms with E-state index in [0.717, 1.165) is 18.4 Å². The predicted molar refractivity (Wildman–Crippen MR) is 109 cm³/mol. The molecule has 0 spiro atoms. The van der Waals surface area contributed by atoms with E-state index >= 15 is 0 Å². The minimum Gasteiger partial charge on any atom is -0.508 e. The van der Waals surface area contributed by atoms with Crippen molar-refractivity contribution in [2.24, 2.45) is 0 Å². The Hall–Kier alpha value is -2.48. The van der Waals surface area contributed by atoms with Gasteiger partial charge >= 0.3 is 0 Å². The third-order valence-electron chi connectivity index (χ3n) is 5.30. The molecule has 2 aromatic rings. The van der Waals surface area contributed by atoms with Crippen molar-refractivity contribution in [1.82, 2.24) is 0 Å². The Bertz CT molecular complexity index is 799. The summed E-state index contributed by atoms with van der Waals surface area (Å²) in [5.41, 5.74) is 4.64. The van der Waals surface area contributed by atoms with Gasteiger partial charge in [0, 0.05) is 5.92 Å². The van der Waals surface area contributed by atoms with Crippen molar-refractivity contribution >= 4 is 5.57 Å². The summed E-state index contributed by atoms with van der Waals surface area (Å²) in [7, 11) is 0. The average molecular weight is 348 g/mol. The third-order valence-corrected chi connectivity index (χ3v) is 5.30. The van der Waals surface area contributed by atoms with Crippen molar-refractivity contribution in [3.63, 3.8) is 0 Å². The van der Waals surface area contributed by atoms with E-state index < -0.39 is 0 Å². The minimum atomic E-state index is 0.304. The van der Waals surface area contributed by atoms with Gasteiger partial charge in [-0.3, -0.25) is 0 Å². The first-order valence-electron chi connectivity index (χ1n) is 9.59. The van der Waals surface area contributed by atoms with Crippen LogP contribution in [0, 0.1) is 0 Å². The van der Waals surface area contributed by atoms with Gasteiger partial charge in [-0.05, 0) is 65.3 Å². The molecule has 0 bridgehead atoms. The van der Waals surface area contributed by atoms with Crippen molar-refractivity contribution < 1.29 is 10.2 Å². The summed E-state index contributed by atoms with van der Waals surface area (Å²) in [5.74, 6) is 1.42. The number of rotatable bonds is 6. The molecule has 0 fully saturated rings. The summed E-state index contributed by atoms with van der Waals surface area (Å²) in [6.07, 6.45) is 11.1. The smallest absolute Gasteiger partial charge is 0.119 e. The summed E-state index contributed by atoms with van der Waals surface area (Å²) in [6, 6.07) is 13.4. The molecule has 1 aliphatic rings. The van der Waals surface area contributed by atoms with Crippen LogP contribution in [0.15, 0.2) is 60.7 Å². The number of allylic oxidation sites excluding steroid dienone is 4. The number of aromatic hydroxyl groups is 2. The molecule has 0 aromatic heterocycles.